The third-order valence-corrected chi connectivity index (χ3v) is 3.06. The second kappa shape index (κ2) is 7.59. The van der Waals surface area contributed by atoms with E-state index in [4.69, 9.17) is 21.4 Å². The smallest absolute Gasteiger partial charge is 0.319 e. The Labute approximate surface area is 122 Å². The van der Waals surface area contributed by atoms with Crippen LogP contribution in [-0.4, -0.2) is 30.8 Å². The van der Waals surface area contributed by atoms with Crippen molar-refractivity contribution in [2.24, 2.45) is 5.92 Å². The first kappa shape index (κ1) is 16.1. The zero-order valence-corrected chi connectivity index (χ0v) is 12.0. The maximum atomic E-state index is 11.6. The first-order valence-electron chi connectivity index (χ1n) is 6.09. The van der Waals surface area contributed by atoms with Gasteiger partial charge in [0, 0.05) is 12.2 Å². The average Bonchev–Trinajstić information content (AvgIpc) is 2.39. The molecule has 0 aliphatic rings. The molecule has 0 saturated carbocycles. The van der Waals surface area contributed by atoms with Gasteiger partial charge in [0.1, 0.15) is 5.75 Å². The van der Waals surface area contributed by atoms with Gasteiger partial charge in [-0.2, -0.15) is 0 Å². The standard InChI is InChI=1S/C13H17ClN2O4/c1-3-8(12(17)18)7-15-13(19)16-9-4-5-11(20-2)10(14)6-9/h4-6,8H,3,7H2,1-2H3,(H,17,18)(H2,15,16,19). The summed E-state index contributed by atoms with van der Waals surface area (Å²) in [5.74, 6) is -1.02. The summed E-state index contributed by atoms with van der Waals surface area (Å²) in [5.41, 5.74) is 0.497. The summed E-state index contributed by atoms with van der Waals surface area (Å²) in [5, 5.41) is 14.3. The van der Waals surface area contributed by atoms with Crippen LogP contribution in [0.4, 0.5) is 10.5 Å². The third-order valence-electron chi connectivity index (χ3n) is 2.76. The highest BCUT2D eigenvalue weighted by Crippen LogP contribution is 2.27. The number of anilines is 1. The van der Waals surface area contributed by atoms with E-state index in [0.717, 1.165) is 0 Å². The van der Waals surface area contributed by atoms with E-state index in [-0.39, 0.29) is 6.54 Å². The topological polar surface area (TPSA) is 87.7 Å². The molecule has 0 aromatic heterocycles. The molecule has 2 amide bonds. The third kappa shape index (κ3) is 4.62. The lowest BCUT2D eigenvalue weighted by Crippen LogP contribution is -2.35. The van der Waals surface area contributed by atoms with Crippen molar-refractivity contribution in [2.75, 3.05) is 19.0 Å². The van der Waals surface area contributed by atoms with Crippen molar-refractivity contribution >= 4 is 29.3 Å². The summed E-state index contributed by atoms with van der Waals surface area (Å²) in [6, 6.07) is 4.34. The summed E-state index contributed by atoms with van der Waals surface area (Å²) in [6.45, 7) is 1.82. The fourth-order valence-electron chi connectivity index (χ4n) is 1.54. The summed E-state index contributed by atoms with van der Waals surface area (Å²) < 4.78 is 5.00. The molecule has 1 aromatic carbocycles. The first-order chi connectivity index (χ1) is 9.47. The predicted molar refractivity (Wildman–Crippen MR) is 76.4 cm³/mol. The fraction of sp³-hybridized carbons (Fsp3) is 0.385. The first-order valence-corrected chi connectivity index (χ1v) is 6.47. The molecule has 0 aliphatic heterocycles. The molecule has 1 aromatic rings. The molecule has 0 heterocycles. The molecule has 0 saturated heterocycles. The molecule has 1 unspecified atom stereocenters. The number of hydrogen-bond acceptors (Lipinski definition) is 3. The quantitative estimate of drug-likeness (QED) is 0.753. The number of aliphatic carboxylic acids is 1. The second-order valence-electron chi connectivity index (χ2n) is 4.13. The number of methoxy groups -OCH3 is 1. The van der Waals surface area contributed by atoms with E-state index in [1.807, 2.05) is 0 Å². The number of carboxylic acids is 1. The van der Waals surface area contributed by atoms with Crippen LogP contribution in [0.2, 0.25) is 5.02 Å². The minimum absolute atomic E-state index is 0.0710. The van der Waals surface area contributed by atoms with Gasteiger partial charge in [-0.25, -0.2) is 4.79 Å². The van der Waals surface area contributed by atoms with Crippen LogP contribution in [-0.2, 0) is 4.79 Å². The largest absolute Gasteiger partial charge is 0.495 e. The minimum atomic E-state index is -0.930. The normalized spacial score (nSPS) is 11.6. The van der Waals surface area contributed by atoms with Crippen molar-refractivity contribution in [2.45, 2.75) is 13.3 Å². The Kier molecular flexibility index (Phi) is 6.11. The van der Waals surface area contributed by atoms with Crippen molar-refractivity contribution in [1.82, 2.24) is 5.32 Å². The SMILES string of the molecule is CCC(CNC(=O)Nc1ccc(OC)c(Cl)c1)C(=O)O. The van der Waals surface area contributed by atoms with Gasteiger partial charge in [0.05, 0.1) is 18.1 Å². The number of rotatable bonds is 6. The van der Waals surface area contributed by atoms with E-state index in [0.29, 0.717) is 22.9 Å². The Hall–Kier alpha value is -1.95. The number of carboxylic acid groups (broad SMARTS) is 1. The van der Waals surface area contributed by atoms with Gasteiger partial charge < -0.3 is 20.5 Å². The van der Waals surface area contributed by atoms with Crippen LogP contribution >= 0.6 is 11.6 Å². The molecular weight excluding hydrogens is 284 g/mol. The molecule has 20 heavy (non-hydrogen) atoms. The lowest BCUT2D eigenvalue weighted by atomic mass is 10.1. The molecule has 0 radical (unpaired) electrons. The Bertz CT molecular complexity index is 493. The number of hydrogen-bond donors (Lipinski definition) is 3. The van der Waals surface area contributed by atoms with Crippen LogP contribution in [0.5, 0.6) is 5.75 Å². The molecule has 7 heteroatoms. The van der Waals surface area contributed by atoms with E-state index >= 15 is 0 Å². The number of urea groups is 1. The molecule has 0 fully saturated rings. The molecule has 110 valence electrons. The Morgan fingerprint density at radius 1 is 1.45 bits per heavy atom. The van der Waals surface area contributed by atoms with Crippen LogP contribution in [0.3, 0.4) is 0 Å². The number of carbonyl (C=O) groups is 2. The number of nitrogens with one attached hydrogen (secondary N) is 2. The number of benzene rings is 1. The van der Waals surface area contributed by atoms with Gasteiger partial charge in [-0.05, 0) is 24.6 Å². The predicted octanol–water partition coefficient (Wildman–Crippen LogP) is 2.58. The van der Waals surface area contributed by atoms with Crippen molar-refractivity contribution in [1.29, 1.82) is 0 Å². The minimum Gasteiger partial charge on any atom is -0.495 e. The van der Waals surface area contributed by atoms with Crippen molar-refractivity contribution in [3.63, 3.8) is 0 Å². The molecule has 1 atom stereocenters. The summed E-state index contributed by atoms with van der Waals surface area (Å²) in [6.07, 6.45) is 0.448. The van der Waals surface area contributed by atoms with E-state index in [1.165, 1.54) is 7.11 Å². The van der Waals surface area contributed by atoms with Crippen LogP contribution in [0.15, 0.2) is 18.2 Å². The second-order valence-corrected chi connectivity index (χ2v) is 4.53. The van der Waals surface area contributed by atoms with Gasteiger partial charge in [-0.3, -0.25) is 4.79 Å². The molecule has 0 aliphatic carbocycles. The number of carbonyl (C=O) groups excluding carboxylic acids is 1. The van der Waals surface area contributed by atoms with Crippen LogP contribution in [0.1, 0.15) is 13.3 Å². The molecule has 6 nitrogen and oxygen atoms in total. The van der Waals surface area contributed by atoms with E-state index in [2.05, 4.69) is 10.6 Å². The van der Waals surface area contributed by atoms with Gasteiger partial charge in [0.2, 0.25) is 0 Å². The Morgan fingerprint density at radius 2 is 2.15 bits per heavy atom. The number of ether oxygens (including phenoxy) is 1. The highest BCUT2D eigenvalue weighted by atomic mass is 35.5. The van der Waals surface area contributed by atoms with Crippen molar-refractivity contribution < 1.29 is 19.4 Å². The van der Waals surface area contributed by atoms with Gasteiger partial charge in [-0.1, -0.05) is 18.5 Å². The Balaban J connectivity index is 2.54. The summed E-state index contributed by atoms with van der Waals surface area (Å²) in [7, 11) is 1.50. The van der Waals surface area contributed by atoms with Gasteiger partial charge >= 0.3 is 12.0 Å². The molecule has 3 N–H and O–H groups in total. The molecule has 0 bridgehead atoms. The lowest BCUT2D eigenvalue weighted by Gasteiger charge is -2.12. The van der Waals surface area contributed by atoms with Gasteiger partial charge in [0.15, 0.2) is 0 Å². The molecular formula is C13H17ClN2O4. The van der Waals surface area contributed by atoms with Crippen molar-refractivity contribution in [3.8, 4) is 5.75 Å². The number of halogens is 1. The van der Waals surface area contributed by atoms with Crippen molar-refractivity contribution in [3.05, 3.63) is 23.2 Å². The maximum Gasteiger partial charge on any atom is 0.319 e. The monoisotopic (exact) mass is 300 g/mol. The summed E-state index contributed by atoms with van der Waals surface area (Å²) in [4.78, 5) is 22.4. The van der Waals surface area contributed by atoms with E-state index in [9.17, 15) is 9.59 Å². The van der Waals surface area contributed by atoms with Crippen LogP contribution in [0.25, 0.3) is 0 Å². The van der Waals surface area contributed by atoms with Gasteiger partial charge in [0.25, 0.3) is 0 Å². The highest BCUT2D eigenvalue weighted by Gasteiger charge is 2.15. The molecule has 0 spiro atoms. The highest BCUT2D eigenvalue weighted by molar-refractivity contribution is 6.32. The Morgan fingerprint density at radius 3 is 2.65 bits per heavy atom. The van der Waals surface area contributed by atoms with Gasteiger partial charge in [-0.15, -0.1) is 0 Å². The lowest BCUT2D eigenvalue weighted by molar-refractivity contribution is -0.141. The van der Waals surface area contributed by atoms with Crippen LogP contribution < -0.4 is 15.4 Å². The number of amides is 2. The average molecular weight is 301 g/mol. The van der Waals surface area contributed by atoms with E-state index < -0.39 is 17.9 Å². The fourth-order valence-corrected chi connectivity index (χ4v) is 1.80. The summed E-state index contributed by atoms with van der Waals surface area (Å²) >= 11 is 5.93. The maximum absolute atomic E-state index is 11.6. The molecule has 1 rings (SSSR count). The van der Waals surface area contributed by atoms with E-state index in [1.54, 1.807) is 25.1 Å². The zero-order chi connectivity index (χ0) is 15.1. The van der Waals surface area contributed by atoms with Crippen LogP contribution in [0, 0.1) is 5.92 Å². The zero-order valence-electron chi connectivity index (χ0n) is 11.3.